The van der Waals surface area contributed by atoms with E-state index in [2.05, 4.69) is 0 Å². The van der Waals surface area contributed by atoms with Crippen LogP contribution in [0.4, 0.5) is 4.39 Å². The lowest BCUT2D eigenvalue weighted by Crippen LogP contribution is -2.59. The van der Waals surface area contributed by atoms with Crippen LogP contribution >= 0.6 is 0 Å². The van der Waals surface area contributed by atoms with E-state index in [1.165, 1.54) is 18.2 Å². The Morgan fingerprint density at radius 1 is 1.19 bits per heavy atom. The topological polar surface area (TPSA) is 53.1 Å². The molecule has 164 valence electrons. The lowest BCUT2D eigenvalue weighted by Gasteiger charge is -2.42. The maximum absolute atomic E-state index is 13.7. The largest absolute Gasteiger partial charge is 0.361 e. The van der Waals surface area contributed by atoms with Crippen molar-refractivity contribution in [2.45, 2.75) is 11.5 Å². The molecule has 0 radical (unpaired) electrons. The quantitative estimate of drug-likeness (QED) is 0.737. The smallest absolute Gasteiger partial charge is 0.257 e. The van der Waals surface area contributed by atoms with Crippen molar-refractivity contribution in [3.05, 3.63) is 71.5 Å². The molecule has 0 aliphatic carbocycles. The predicted octanol–water partition coefficient (Wildman–Crippen LogP) is 2.22. The number of hydrogen-bond acceptors (Lipinski definition) is 4. The molecule has 2 aromatic carbocycles. The van der Waals surface area contributed by atoms with Gasteiger partial charge in [-0.05, 0) is 37.9 Å². The van der Waals surface area contributed by atoms with Crippen LogP contribution in [0, 0.1) is 5.82 Å². The predicted molar refractivity (Wildman–Crippen MR) is 115 cm³/mol. The molecule has 1 spiro atoms. The molecule has 0 bridgehead atoms. The van der Waals surface area contributed by atoms with E-state index < -0.39 is 11.4 Å². The zero-order chi connectivity index (χ0) is 22.0. The number of nitrogens with zero attached hydrogens (tertiary/aromatic N) is 3. The maximum Gasteiger partial charge on any atom is 0.257 e. The summed E-state index contributed by atoms with van der Waals surface area (Å²) in [5, 5.41) is 0. The number of hydrogen-bond donors (Lipinski definition) is 0. The van der Waals surface area contributed by atoms with Crippen molar-refractivity contribution in [3.8, 4) is 0 Å². The minimum absolute atomic E-state index is 0.0834. The fourth-order valence-corrected chi connectivity index (χ4v) is 4.50. The second-order valence-corrected chi connectivity index (χ2v) is 8.49. The summed E-state index contributed by atoms with van der Waals surface area (Å²) < 4.78 is 19.9. The third-order valence-corrected chi connectivity index (χ3v) is 6.14. The van der Waals surface area contributed by atoms with E-state index in [0.717, 1.165) is 12.1 Å². The molecular formula is C24H28FN3O3. The first kappa shape index (κ1) is 21.5. The highest BCUT2D eigenvalue weighted by Gasteiger charge is 2.58. The molecule has 7 heteroatoms. The van der Waals surface area contributed by atoms with Gasteiger partial charge in [-0.1, -0.05) is 36.4 Å². The summed E-state index contributed by atoms with van der Waals surface area (Å²) in [7, 11) is 3.95. The van der Waals surface area contributed by atoms with Gasteiger partial charge < -0.3 is 19.4 Å². The SMILES string of the molecule is CN(C)CCN1C[C@@H](c2ccccc2)[C@@]2(CN(C(=O)c3cccc(F)c3)CCO2)C1=O. The molecule has 2 heterocycles. The lowest BCUT2D eigenvalue weighted by molar-refractivity contribution is -0.159. The van der Waals surface area contributed by atoms with Crippen LogP contribution in [0.15, 0.2) is 54.6 Å². The second-order valence-electron chi connectivity index (χ2n) is 8.49. The van der Waals surface area contributed by atoms with Crippen LogP contribution < -0.4 is 0 Å². The number of likely N-dealkylation sites (tertiary alicyclic amines) is 1. The van der Waals surface area contributed by atoms with Crippen molar-refractivity contribution in [2.24, 2.45) is 0 Å². The van der Waals surface area contributed by atoms with Gasteiger partial charge in [0.2, 0.25) is 0 Å². The Balaban J connectivity index is 1.65. The van der Waals surface area contributed by atoms with Gasteiger partial charge in [-0.3, -0.25) is 9.59 Å². The molecule has 0 saturated carbocycles. The number of rotatable bonds is 5. The van der Waals surface area contributed by atoms with Crippen molar-refractivity contribution in [3.63, 3.8) is 0 Å². The van der Waals surface area contributed by atoms with Crippen LogP contribution in [0.1, 0.15) is 21.8 Å². The van der Waals surface area contributed by atoms with E-state index in [1.807, 2.05) is 54.2 Å². The van der Waals surface area contributed by atoms with Gasteiger partial charge in [0.05, 0.1) is 13.2 Å². The molecule has 2 amide bonds. The molecule has 4 rings (SSSR count). The lowest BCUT2D eigenvalue weighted by atomic mass is 9.83. The molecule has 2 atom stereocenters. The van der Waals surface area contributed by atoms with Crippen molar-refractivity contribution >= 4 is 11.8 Å². The maximum atomic E-state index is 13.7. The van der Waals surface area contributed by atoms with Gasteiger partial charge >= 0.3 is 0 Å². The van der Waals surface area contributed by atoms with Gasteiger partial charge in [0, 0.05) is 37.7 Å². The molecule has 2 aliphatic rings. The van der Waals surface area contributed by atoms with Crippen LogP contribution in [0.25, 0.3) is 0 Å². The molecule has 2 fully saturated rings. The monoisotopic (exact) mass is 425 g/mol. The van der Waals surface area contributed by atoms with E-state index in [9.17, 15) is 14.0 Å². The Kier molecular flexibility index (Phi) is 6.07. The van der Waals surface area contributed by atoms with Gasteiger partial charge in [-0.2, -0.15) is 0 Å². The summed E-state index contributed by atoms with van der Waals surface area (Å²) >= 11 is 0. The Labute approximate surface area is 182 Å². The van der Waals surface area contributed by atoms with E-state index in [0.29, 0.717) is 19.6 Å². The first-order valence-electron chi connectivity index (χ1n) is 10.6. The normalized spacial score (nSPS) is 23.7. The molecule has 2 saturated heterocycles. The van der Waals surface area contributed by atoms with Crippen LogP contribution in [-0.4, -0.2) is 85.5 Å². The molecule has 2 aliphatic heterocycles. The van der Waals surface area contributed by atoms with Crippen molar-refractivity contribution in [1.29, 1.82) is 0 Å². The zero-order valence-electron chi connectivity index (χ0n) is 18.0. The Morgan fingerprint density at radius 2 is 1.97 bits per heavy atom. The number of carbonyl (C=O) groups excluding carboxylic acids is 2. The number of ether oxygens (including phenoxy) is 1. The number of morpholine rings is 1. The Morgan fingerprint density at radius 3 is 2.68 bits per heavy atom. The summed E-state index contributed by atoms with van der Waals surface area (Å²) in [6.45, 7) is 2.66. The molecular weight excluding hydrogens is 397 g/mol. The standard InChI is InChI=1S/C24H28FN3O3/c1-26(2)11-12-27-16-21(18-7-4-3-5-8-18)24(23(27)30)17-28(13-14-31-24)22(29)19-9-6-10-20(25)15-19/h3-10,15,21H,11-14,16-17H2,1-2H3/t21-,24-/m0/s1. The Hall–Kier alpha value is -2.77. The minimum atomic E-state index is -1.13. The highest BCUT2D eigenvalue weighted by atomic mass is 19.1. The first-order valence-corrected chi connectivity index (χ1v) is 10.6. The van der Waals surface area contributed by atoms with Crippen molar-refractivity contribution in [2.75, 3.05) is 53.4 Å². The summed E-state index contributed by atoms with van der Waals surface area (Å²) in [4.78, 5) is 32.2. The summed E-state index contributed by atoms with van der Waals surface area (Å²) in [5.41, 5.74) is 0.168. The van der Waals surface area contributed by atoms with E-state index in [-0.39, 0.29) is 36.4 Å². The molecule has 0 aromatic heterocycles. The van der Waals surface area contributed by atoms with E-state index in [4.69, 9.17) is 4.74 Å². The van der Waals surface area contributed by atoms with Crippen molar-refractivity contribution in [1.82, 2.24) is 14.7 Å². The number of halogens is 1. The third kappa shape index (κ3) is 4.20. The highest BCUT2D eigenvalue weighted by molar-refractivity contribution is 5.96. The second kappa shape index (κ2) is 8.77. The van der Waals surface area contributed by atoms with Gasteiger partial charge in [-0.15, -0.1) is 0 Å². The summed E-state index contributed by atoms with van der Waals surface area (Å²) in [5.74, 6) is -1.01. The molecule has 6 nitrogen and oxygen atoms in total. The fraction of sp³-hybridized carbons (Fsp3) is 0.417. The van der Waals surface area contributed by atoms with Crippen LogP contribution in [0.2, 0.25) is 0 Å². The van der Waals surface area contributed by atoms with Gasteiger partial charge in [-0.25, -0.2) is 4.39 Å². The van der Waals surface area contributed by atoms with Crippen LogP contribution in [0.5, 0.6) is 0 Å². The average molecular weight is 426 g/mol. The fourth-order valence-electron chi connectivity index (χ4n) is 4.50. The molecule has 0 unspecified atom stereocenters. The summed E-state index contributed by atoms with van der Waals surface area (Å²) in [6.07, 6.45) is 0. The van der Waals surface area contributed by atoms with Crippen LogP contribution in [-0.2, 0) is 9.53 Å². The molecule has 2 aromatic rings. The molecule has 31 heavy (non-hydrogen) atoms. The zero-order valence-corrected chi connectivity index (χ0v) is 18.0. The average Bonchev–Trinajstić information content (AvgIpc) is 3.03. The highest BCUT2D eigenvalue weighted by Crippen LogP contribution is 2.42. The first-order chi connectivity index (χ1) is 14.9. The van der Waals surface area contributed by atoms with Crippen molar-refractivity contribution < 1.29 is 18.7 Å². The Bertz CT molecular complexity index is 952. The van der Waals surface area contributed by atoms with E-state index in [1.54, 1.807) is 11.0 Å². The van der Waals surface area contributed by atoms with Gasteiger partial charge in [0.1, 0.15) is 5.82 Å². The van der Waals surface area contributed by atoms with Gasteiger partial charge in [0.15, 0.2) is 5.60 Å². The van der Waals surface area contributed by atoms with Crippen LogP contribution in [0.3, 0.4) is 0 Å². The van der Waals surface area contributed by atoms with E-state index >= 15 is 0 Å². The minimum Gasteiger partial charge on any atom is -0.361 e. The number of amides is 2. The number of likely N-dealkylation sites (N-methyl/N-ethyl adjacent to an activating group) is 1. The number of benzene rings is 2. The summed E-state index contributed by atoms with van der Waals surface area (Å²) in [6, 6.07) is 15.5. The van der Waals surface area contributed by atoms with Gasteiger partial charge in [0.25, 0.3) is 11.8 Å². The molecule has 0 N–H and O–H groups in total. The number of carbonyl (C=O) groups is 2. The third-order valence-electron chi connectivity index (χ3n) is 6.14.